The summed E-state index contributed by atoms with van der Waals surface area (Å²) in [5, 5.41) is 6.90. The Balaban J connectivity index is 1.95. The van der Waals surface area contributed by atoms with E-state index in [2.05, 4.69) is 42.5 Å². The molecule has 0 aromatic carbocycles. The van der Waals surface area contributed by atoms with Gasteiger partial charge in [-0.1, -0.05) is 6.07 Å². The highest BCUT2D eigenvalue weighted by molar-refractivity contribution is 5.08. The van der Waals surface area contributed by atoms with Gasteiger partial charge in [0, 0.05) is 31.0 Å². The second-order valence-electron chi connectivity index (χ2n) is 5.39. The smallest absolute Gasteiger partial charge is 0.0299 e. The molecule has 1 rings (SSSR count). The third-order valence-electron chi connectivity index (χ3n) is 2.50. The fraction of sp³-hybridized carbons (Fsp3) is 0.643. The molecule has 0 amide bonds. The molecule has 0 aliphatic carbocycles. The normalized spacial score (nSPS) is 11.7. The van der Waals surface area contributed by atoms with Gasteiger partial charge in [0.05, 0.1) is 0 Å². The van der Waals surface area contributed by atoms with Crippen LogP contribution in [0.5, 0.6) is 0 Å². The van der Waals surface area contributed by atoms with E-state index in [-0.39, 0.29) is 5.54 Å². The number of pyridine rings is 1. The monoisotopic (exact) mass is 235 g/mol. The summed E-state index contributed by atoms with van der Waals surface area (Å²) < 4.78 is 0. The molecule has 0 saturated heterocycles. The minimum absolute atomic E-state index is 0.220. The number of rotatable bonds is 7. The second-order valence-corrected chi connectivity index (χ2v) is 5.39. The number of nitrogens with one attached hydrogen (secondary N) is 2. The van der Waals surface area contributed by atoms with Crippen LogP contribution < -0.4 is 10.6 Å². The van der Waals surface area contributed by atoms with Gasteiger partial charge < -0.3 is 10.6 Å². The first-order chi connectivity index (χ1) is 8.08. The largest absolute Gasteiger partial charge is 0.315 e. The fourth-order valence-corrected chi connectivity index (χ4v) is 1.61. The Hall–Kier alpha value is -0.930. The number of hydrogen-bond donors (Lipinski definition) is 2. The summed E-state index contributed by atoms with van der Waals surface area (Å²) in [5.41, 5.74) is 1.54. The Morgan fingerprint density at radius 2 is 2.00 bits per heavy atom. The van der Waals surface area contributed by atoms with Crippen molar-refractivity contribution in [2.75, 3.05) is 19.6 Å². The number of aryl methyl sites for hydroxylation is 1. The van der Waals surface area contributed by atoms with Crippen molar-refractivity contribution in [3.05, 3.63) is 30.1 Å². The molecule has 0 radical (unpaired) electrons. The van der Waals surface area contributed by atoms with Gasteiger partial charge in [0.1, 0.15) is 0 Å². The van der Waals surface area contributed by atoms with Gasteiger partial charge in [-0.3, -0.25) is 4.98 Å². The van der Waals surface area contributed by atoms with Gasteiger partial charge in [0.15, 0.2) is 0 Å². The van der Waals surface area contributed by atoms with Crippen LogP contribution in [0.3, 0.4) is 0 Å². The van der Waals surface area contributed by atoms with E-state index >= 15 is 0 Å². The maximum atomic E-state index is 4.11. The average molecular weight is 235 g/mol. The quantitative estimate of drug-likeness (QED) is 0.710. The zero-order chi connectivity index (χ0) is 12.6. The third-order valence-corrected chi connectivity index (χ3v) is 2.50. The molecule has 3 heteroatoms. The molecule has 1 aromatic rings. The van der Waals surface area contributed by atoms with Crippen molar-refractivity contribution in [2.45, 2.75) is 39.2 Å². The fourth-order valence-electron chi connectivity index (χ4n) is 1.61. The van der Waals surface area contributed by atoms with E-state index in [9.17, 15) is 0 Å². The summed E-state index contributed by atoms with van der Waals surface area (Å²) in [6.07, 6.45) is 6.04. The van der Waals surface area contributed by atoms with Gasteiger partial charge in [-0.05, 0) is 51.8 Å². The molecule has 96 valence electrons. The number of nitrogens with zero attached hydrogens (tertiary/aromatic N) is 1. The zero-order valence-electron chi connectivity index (χ0n) is 11.3. The topological polar surface area (TPSA) is 37.0 Å². The molecular weight excluding hydrogens is 210 g/mol. The van der Waals surface area contributed by atoms with E-state index in [1.54, 1.807) is 0 Å². The Kier molecular flexibility index (Phi) is 6.16. The van der Waals surface area contributed by atoms with E-state index < -0.39 is 0 Å². The lowest BCUT2D eigenvalue weighted by Gasteiger charge is -2.20. The number of aromatic nitrogens is 1. The molecule has 17 heavy (non-hydrogen) atoms. The Morgan fingerprint density at radius 3 is 2.65 bits per heavy atom. The minimum atomic E-state index is 0.220. The van der Waals surface area contributed by atoms with E-state index in [4.69, 9.17) is 0 Å². The van der Waals surface area contributed by atoms with Gasteiger partial charge in [-0.25, -0.2) is 0 Å². The average Bonchev–Trinajstić information content (AvgIpc) is 2.28. The summed E-state index contributed by atoms with van der Waals surface area (Å²) in [6.45, 7) is 9.70. The number of hydrogen-bond acceptors (Lipinski definition) is 3. The minimum Gasteiger partial charge on any atom is -0.315 e. The molecule has 1 aromatic heterocycles. The van der Waals surface area contributed by atoms with Crippen LogP contribution in [0.25, 0.3) is 0 Å². The molecule has 0 aliphatic heterocycles. The molecule has 0 fully saturated rings. The summed E-state index contributed by atoms with van der Waals surface area (Å²) >= 11 is 0. The van der Waals surface area contributed by atoms with Crippen molar-refractivity contribution >= 4 is 0 Å². The van der Waals surface area contributed by atoms with Crippen LogP contribution in [0.1, 0.15) is 32.8 Å². The summed E-state index contributed by atoms with van der Waals surface area (Å²) in [5.74, 6) is 0. The predicted octanol–water partition coefficient (Wildman–Crippen LogP) is 1.99. The van der Waals surface area contributed by atoms with E-state index in [0.29, 0.717) is 0 Å². The summed E-state index contributed by atoms with van der Waals surface area (Å²) in [6, 6.07) is 4.13. The first kappa shape index (κ1) is 14.1. The van der Waals surface area contributed by atoms with Gasteiger partial charge in [0.25, 0.3) is 0 Å². The van der Waals surface area contributed by atoms with Crippen LogP contribution >= 0.6 is 0 Å². The predicted molar refractivity (Wildman–Crippen MR) is 73.2 cm³/mol. The zero-order valence-corrected chi connectivity index (χ0v) is 11.3. The lowest BCUT2D eigenvalue weighted by Crippen LogP contribution is -2.40. The highest BCUT2D eigenvalue weighted by Gasteiger charge is 2.06. The molecule has 0 bridgehead atoms. The van der Waals surface area contributed by atoms with Crippen LogP contribution in [0, 0.1) is 0 Å². The van der Waals surface area contributed by atoms with Crippen LogP contribution in [-0.2, 0) is 6.42 Å². The molecule has 0 aliphatic rings. The summed E-state index contributed by atoms with van der Waals surface area (Å²) in [7, 11) is 0. The van der Waals surface area contributed by atoms with Crippen molar-refractivity contribution in [1.82, 2.24) is 15.6 Å². The molecule has 0 spiro atoms. The Bertz CT molecular complexity index is 290. The van der Waals surface area contributed by atoms with Crippen molar-refractivity contribution in [3.8, 4) is 0 Å². The van der Waals surface area contributed by atoms with Crippen LogP contribution in [-0.4, -0.2) is 30.2 Å². The Morgan fingerprint density at radius 1 is 1.18 bits per heavy atom. The molecule has 0 atom stereocenters. The lowest BCUT2D eigenvalue weighted by molar-refractivity contribution is 0.421. The standard InChI is InChI=1S/C14H25N3/c1-14(2,3)17-11-10-15-8-4-6-13-7-5-9-16-12-13/h5,7,9,12,15,17H,4,6,8,10-11H2,1-3H3. The van der Waals surface area contributed by atoms with Crippen molar-refractivity contribution in [3.63, 3.8) is 0 Å². The van der Waals surface area contributed by atoms with E-state index in [1.807, 2.05) is 18.5 Å². The first-order valence-corrected chi connectivity index (χ1v) is 6.42. The first-order valence-electron chi connectivity index (χ1n) is 6.42. The summed E-state index contributed by atoms with van der Waals surface area (Å²) in [4.78, 5) is 4.11. The van der Waals surface area contributed by atoms with Crippen LogP contribution in [0.15, 0.2) is 24.5 Å². The van der Waals surface area contributed by atoms with Crippen molar-refractivity contribution < 1.29 is 0 Å². The van der Waals surface area contributed by atoms with Crippen LogP contribution in [0.4, 0.5) is 0 Å². The van der Waals surface area contributed by atoms with Crippen molar-refractivity contribution in [2.24, 2.45) is 0 Å². The highest BCUT2D eigenvalue weighted by Crippen LogP contribution is 1.99. The molecule has 2 N–H and O–H groups in total. The maximum absolute atomic E-state index is 4.11. The SMILES string of the molecule is CC(C)(C)NCCNCCCc1cccnc1. The van der Waals surface area contributed by atoms with Gasteiger partial charge in [0.2, 0.25) is 0 Å². The van der Waals surface area contributed by atoms with Gasteiger partial charge in [-0.2, -0.15) is 0 Å². The molecule has 0 unspecified atom stereocenters. The lowest BCUT2D eigenvalue weighted by atomic mass is 10.1. The van der Waals surface area contributed by atoms with Crippen LogP contribution in [0.2, 0.25) is 0 Å². The van der Waals surface area contributed by atoms with E-state index in [0.717, 1.165) is 26.1 Å². The van der Waals surface area contributed by atoms with Crippen molar-refractivity contribution in [1.29, 1.82) is 0 Å². The molecular formula is C14H25N3. The second kappa shape index (κ2) is 7.41. The van der Waals surface area contributed by atoms with E-state index in [1.165, 1.54) is 12.0 Å². The van der Waals surface area contributed by atoms with Gasteiger partial charge in [-0.15, -0.1) is 0 Å². The Labute approximate surface area is 105 Å². The highest BCUT2D eigenvalue weighted by atomic mass is 15.0. The van der Waals surface area contributed by atoms with Gasteiger partial charge >= 0.3 is 0 Å². The molecule has 3 nitrogen and oxygen atoms in total. The molecule has 0 saturated carbocycles. The molecule has 1 heterocycles. The maximum Gasteiger partial charge on any atom is 0.0299 e. The third kappa shape index (κ3) is 7.88.